The van der Waals surface area contributed by atoms with Crippen LogP contribution in [0.1, 0.15) is 37.4 Å². The predicted molar refractivity (Wildman–Crippen MR) is 80.1 cm³/mol. The average Bonchev–Trinajstić information content (AvgIpc) is 2.33. The molecule has 2 nitrogen and oxygen atoms in total. The summed E-state index contributed by atoms with van der Waals surface area (Å²) >= 11 is 0. The third-order valence-corrected chi connectivity index (χ3v) is 4.40. The average molecular weight is 254 g/mol. The van der Waals surface area contributed by atoms with Crippen molar-refractivity contribution in [1.82, 2.24) is 10.3 Å². The van der Waals surface area contributed by atoms with Crippen molar-refractivity contribution < 1.29 is 0 Å². The minimum absolute atomic E-state index is 0.626. The van der Waals surface area contributed by atoms with Crippen LogP contribution in [0.25, 0.3) is 10.9 Å². The van der Waals surface area contributed by atoms with Crippen molar-refractivity contribution in [3.63, 3.8) is 0 Å². The van der Waals surface area contributed by atoms with Crippen molar-refractivity contribution in [1.29, 1.82) is 0 Å². The lowest BCUT2D eigenvalue weighted by Crippen LogP contribution is -2.36. The normalized spacial score (nSPS) is 17.4. The zero-order valence-corrected chi connectivity index (χ0v) is 11.8. The first-order valence-corrected chi connectivity index (χ1v) is 7.32. The van der Waals surface area contributed by atoms with Crippen LogP contribution in [0.4, 0.5) is 0 Å². The van der Waals surface area contributed by atoms with Crippen molar-refractivity contribution in [2.75, 3.05) is 0 Å². The van der Waals surface area contributed by atoms with E-state index in [-0.39, 0.29) is 0 Å². The van der Waals surface area contributed by atoms with E-state index >= 15 is 0 Å². The molecule has 1 N–H and O–H groups in total. The van der Waals surface area contributed by atoms with Gasteiger partial charge in [-0.25, -0.2) is 0 Å². The van der Waals surface area contributed by atoms with Gasteiger partial charge in [0.15, 0.2) is 0 Å². The maximum absolute atomic E-state index is 4.60. The molecule has 3 rings (SSSR count). The summed E-state index contributed by atoms with van der Waals surface area (Å²) < 4.78 is 0. The predicted octanol–water partition coefficient (Wildman–Crippen LogP) is 3.82. The maximum atomic E-state index is 4.60. The Kier molecular flexibility index (Phi) is 3.52. The molecule has 0 aliphatic heterocycles. The summed E-state index contributed by atoms with van der Waals surface area (Å²) in [6.07, 6.45) is 4.20. The van der Waals surface area contributed by atoms with E-state index in [4.69, 9.17) is 0 Å². The third kappa shape index (κ3) is 2.64. The van der Waals surface area contributed by atoms with E-state index in [1.54, 1.807) is 0 Å². The number of para-hydroxylation sites is 1. The molecule has 1 heterocycles. The molecule has 1 atom stereocenters. The fourth-order valence-electron chi connectivity index (χ4n) is 2.92. The molecule has 0 amide bonds. The Bertz CT molecular complexity index is 572. The Hall–Kier alpha value is -1.41. The van der Waals surface area contributed by atoms with Crippen LogP contribution in [-0.2, 0) is 6.54 Å². The van der Waals surface area contributed by atoms with Gasteiger partial charge in [-0.2, -0.15) is 0 Å². The smallest absolute Gasteiger partial charge is 0.0708 e. The topological polar surface area (TPSA) is 24.9 Å². The van der Waals surface area contributed by atoms with Gasteiger partial charge in [0, 0.05) is 23.7 Å². The first-order valence-electron chi connectivity index (χ1n) is 7.32. The van der Waals surface area contributed by atoms with Crippen molar-refractivity contribution in [2.45, 2.75) is 45.7 Å². The van der Waals surface area contributed by atoms with Crippen molar-refractivity contribution in [2.24, 2.45) is 5.92 Å². The second-order valence-corrected chi connectivity index (χ2v) is 5.80. The molecule has 0 bridgehead atoms. The SMILES string of the molecule is Cc1cc(CNC(C)C2CCC2)c2ccccc2n1. The van der Waals surface area contributed by atoms with E-state index < -0.39 is 0 Å². The summed E-state index contributed by atoms with van der Waals surface area (Å²) in [6, 6.07) is 11.3. The highest BCUT2D eigenvalue weighted by molar-refractivity contribution is 5.82. The minimum atomic E-state index is 0.626. The number of aromatic nitrogens is 1. The van der Waals surface area contributed by atoms with Gasteiger partial charge in [-0.1, -0.05) is 24.6 Å². The highest BCUT2D eigenvalue weighted by Crippen LogP contribution is 2.29. The number of rotatable bonds is 4. The van der Waals surface area contributed by atoms with Gasteiger partial charge in [0.05, 0.1) is 5.52 Å². The molecule has 1 aliphatic carbocycles. The molecule has 1 unspecified atom stereocenters. The number of fused-ring (bicyclic) bond motifs is 1. The number of benzene rings is 1. The lowest BCUT2D eigenvalue weighted by molar-refractivity contribution is 0.240. The van der Waals surface area contributed by atoms with Gasteiger partial charge in [-0.05, 0) is 50.3 Å². The molecule has 1 fully saturated rings. The molecule has 19 heavy (non-hydrogen) atoms. The van der Waals surface area contributed by atoms with E-state index in [1.807, 2.05) is 0 Å². The third-order valence-electron chi connectivity index (χ3n) is 4.40. The molecular formula is C17H22N2. The zero-order valence-electron chi connectivity index (χ0n) is 11.8. The van der Waals surface area contributed by atoms with Crippen LogP contribution in [0.2, 0.25) is 0 Å². The summed E-state index contributed by atoms with van der Waals surface area (Å²) in [5.41, 5.74) is 3.58. The fraction of sp³-hybridized carbons (Fsp3) is 0.471. The highest BCUT2D eigenvalue weighted by atomic mass is 14.9. The molecule has 0 saturated heterocycles. The Morgan fingerprint density at radius 3 is 2.84 bits per heavy atom. The van der Waals surface area contributed by atoms with Crippen molar-refractivity contribution in [3.05, 3.63) is 41.6 Å². The van der Waals surface area contributed by atoms with E-state index in [9.17, 15) is 0 Å². The molecular weight excluding hydrogens is 232 g/mol. The highest BCUT2D eigenvalue weighted by Gasteiger charge is 2.23. The zero-order chi connectivity index (χ0) is 13.2. The molecule has 1 saturated carbocycles. The summed E-state index contributed by atoms with van der Waals surface area (Å²) in [5.74, 6) is 0.884. The quantitative estimate of drug-likeness (QED) is 0.897. The molecule has 2 heteroatoms. The van der Waals surface area contributed by atoms with Crippen LogP contribution in [0, 0.1) is 12.8 Å². The van der Waals surface area contributed by atoms with Crippen LogP contribution in [0.3, 0.4) is 0 Å². The molecule has 1 aromatic carbocycles. The van der Waals surface area contributed by atoms with Crippen LogP contribution in [-0.4, -0.2) is 11.0 Å². The first-order chi connectivity index (χ1) is 9.24. The van der Waals surface area contributed by atoms with E-state index in [0.717, 1.165) is 23.7 Å². The van der Waals surface area contributed by atoms with Crippen LogP contribution < -0.4 is 5.32 Å². The first kappa shape index (κ1) is 12.6. The minimum Gasteiger partial charge on any atom is -0.310 e. The van der Waals surface area contributed by atoms with Crippen molar-refractivity contribution in [3.8, 4) is 0 Å². The van der Waals surface area contributed by atoms with Gasteiger partial charge in [0.1, 0.15) is 0 Å². The van der Waals surface area contributed by atoms with Gasteiger partial charge < -0.3 is 5.32 Å². The van der Waals surface area contributed by atoms with Crippen LogP contribution in [0.15, 0.2) is 30.3 Å². The van der Waals surface area contributed by atoms with Gasteiger partial charge in [0.25, 0.3) is 0 Å². The van der Waals surface area contributed by atoms with Crippen LogP contribution >= 0.6 is 0 Å². The lowest BCUT2D eigenvalue weighted by atomic mass is 9.80. The largest absolute Gasteiger partial charge is 0.310 e. The number of nitrogens with one attached hydrogen (secondary N) is 1. The van der Waals surface area contributed by atoms with Gasteiger partial charge in [-0.15, -0.1) is 0 Å². The van der Waals surface area contributed by atoms with E-state index in [2.05, 4.69) is 54.5 Å². The van der Waals surface area contributed by atoms with Gasteiger partial charge in [-0.3, -0.25) is 4.98 Å². The Morgan fingerprint density at radius 1 is 1.32 bits per heavy atom. The summed E-state index contributed by atoms with van der Waals surface area (Å²) in [4.78, 5) is 4.60. The van der Waals surface area contributed by atoms with Gasteiger partial charge >= 0.3 is 0 Å². The van der Waals surface area contributed by atoms with Crippen molar-refractivity contribution >= 4 is 10.9 Å². The number of nitrogens with zero attached hydrogens (tertiary/aromatic N) is 1. The summed E-state index contributed by atoms with van der Waals surface area (Å²) in [7, 11) is 0. The van der Waals surface area contributed by atoms with E-state index in [1.165, 1.54) is 30.2 Å². The van der Waals surface area contributed by atoms with E-state index in [0.29, 0.717) is 6.04 Å². The molecule has 1 aromatic heterocycles. The van der Waals surface area contributed by atoms with Crippen LogP contribution in [0.5, 0.6) is 0 Å². The molecule has 100 valence electrons. The molecule has 2 aromatic rings. The number of hydrogen-bond donors (Lipinski definition) is 1. The second-order valence-electron chi connectivity index (χ2n) is 5.80. The molecule has 1 aliphatic rings. The number of pyridine rings is 1. The maximum Gasteiger partial charge on any atom is 0.0708 e. The Morgan fingerprint density at radius 2 is 2.11 bits per heavy atom. The monoisotopic (exact) mass is 254 g/mol. The summed E-state index contributed by atoms with van der Waals surface area (Å²) in [5, 5.41) is 4.97. The molecule has 0 radical (unpaired) electrons. The standard InChI is InChI=1S/C17H22N2/c1-12-10-15(11-18-13(2)14-6-5-7-14)16-8-3-4-9-17(16)19-12/h3-4,8-10,13-14,18H,5-7,11H2,1-2H3. The number of aryl methyl sites for hydroxylation is 1. The number of hydrogen-bond acceptors (Lipinski definition) is 2. The Balaban J connectivity index is 1.79. The van der Waals surface area contributed by atoms with Gasteiger partial charge in [0.2, 0.25) is 0 Å². The molecule has 0 spiro atoms. The second kappa shape index (κ2) is 5.30. The lowest BCUT2D eigenvalue weighted by Gasteiger charge is -2.32. The summed E-state index contributed by atoms with van der Waals surface area (Å²) in [6.45, 7) is 5.34. The Labute approximate surface area is 115 Å². The fourth-order valence-corrected chi connectivity index (χ4v) is 2.92.